The zero-order valence-electron chi connectivity index (χ0n) is 12.3. The molecule has 1 aliphatic carbocycles. The van der Waals surface area contributed by atoms with Crippen molar-refractivity contribution in [1.82, 2.24) is 5.32 Å². The summed E-state index contributed by atoms with van der Waals surface area (Å²) in [6, 6.07) is 5.43. The van der Waals surface area contributed by atoms with Crippen molar-refractivity contribution in [1.29, 1.82) is 0 Å². The SMILES string of the molecule is Cc1ccc(Br)cc1C(=O)NC1(C(=O)O)CCC(C)CC1. The van der Waals surface area contributed by atoms with Gasteiger partial charge in [0, 0.05) is 10.0 Å². The van der Waals surface area contributed by atoms with Gasteiger partial charge in [-0.3, -0.25) is 4.79 Å². The highest BCUT2D eigenvalue weighted by atomic mass is 79.9. The maximum absolute atomic E-state index is 12.5. The van der Waals surface area contributed by atoms with E-state index in [0.29, 0.717) is 24.3 Å². The van der Waals surface area contributed by atoms with Gasteiger partial charge in [-0.05, 0) is 56.2 Å². The summed E-state index contributed by atoms with van der Waals surface area (Å²) in [7, 11) is 0. The number of benzene rings is 1. The quantitative estimate of drug-likeness (QED) is 0.873. The fraction of sp³-hybridized carbons (Fsp3) is 0.500. The van der Waals surface area contributed by atoms with Crippen LogP contribution in [0.1, 0.15) is 48.5 Å². The smallest absolute Gasteiger partial charge is 0.329 e. The first-order valence-electron chi connectivity index (χ1n) is 7.16. The second-order valence-electron chi connectivity index (χ2n) is 5.98. The topological polar surface area (TPSA) is 66.4 Å². The fourth-order valence-electron chi connectivity index (χ4n) is 2.77. The molecular formula is C16H20BrNO3. The minimum absolute atomic E-state index is 0.314. The standard InChI is InChI=1S/C16H20BrNO3/c1-10-5-7-16(8-6-10,15(20)21)18-14(19)13-9-12(17)4-3-11(13)2/h3-4,9-10H,5-8H2,1-2H3,(H,18,19)(H,20,21). The highest BCUT2D eigenvalue weighted by molar-refractivity contribution is 9.10. The molecule has 0 heterocycles. The molecule has 5 heteroatoms. The second kappa shape index (κ2) is 6.18. The monoisotopic (exact) mass is 353 g/mol. The number of aryl methyl sites for hydroxylation is 1. The Labute approximate surface area is 133 Å². The molecule has 114 valence electrons. The number of rotatable bonds is 3. The van der Waals surface area contributed by atoms with Crippen LogP contribution in [0.5, 0.6) is 0 Å². The summed E-state index contributed by atoms with van der Waals surface area (Å²) in [6.45, 7) is 3.96. The summed E-state index contributed by atoms with van der Waals surface area (Å²) in [5, 5.41) is 12.3. The van der Waals surface area contributed by atoms with E-state index >= 15 is 0 Å². The number of nitrogens with one attached hydrogen (secondary N) is 1. The number of hydrogen-bond acceptors (Lipinski definition) is 2. The normalized spacial score (nSPS) is 25.4. The Morgan fingerprint density at radius 2 is 1.95 bits per heavy atom. The van der Waals surface area contributed by atoms with Crippen LogP contribution in [0.15, 0.2) is 22.7 Å². The molecule has 1 fully saturated rings. The largest absolute Gasteiger partial charge is 0.480 e. The third kappa shape index (κ3) is 3.46. The van der Waals surface area contributed by atoms with Gasteiger partial charge in [-0.25, -0.2) is 4.79 Å². The summed E-state index contributed by atoms with van der Waals surface area (Å²) < 4.78 is 0.805. The molecule has 1 aromatic rings. The van der Waals surface area contributed by atoms with Crippen molar-refractivity contribution in [2.75, 3.05) is 0 Å². The molecule has 0 atom stereocenters. The van der Waals surface area contributed by atoms with Crippen LogP contribution in [0.2, 0.25) is 0 Å². The fourth-order valence-corrected chi connectivity index (χ4v) is 3.13. The number of amides is 1. The molecule has 0 unspecified atom stereocenters. The lowest BCUT2D eigenvalue weighted by molar-refractivity contribution is -0.146. The van der Waals surface area contributed by atoms with Crippen LogP contribution in [-0.4, -0.2) is 22.5 Å². The summed E-state index contributed by atoms with van der Waals surface area (Å²) in [5.41, 5.74) is 0.224. The summed E-state index contributed by atoms with van der Waals surface area (Å²) in [6.07, 6.45) is 2.62. The third-order valence-electron chi connectivity index (χ3n) is 4.33. The van der Waals surface area contributed by atoms with Gasteiger partial charge in [0.1, 0.15) is 5.54 Å². The number of halogens is 1. The Morgan fingerprint density at radius 3 is 2.52 bits per heavy atom. The lowest BCUT2D eigenvalue weighted by Crippen LogP contribution is -2.56. The Morgan fingerprint density at radius 1 is 1.33 bits per heavy atom. The molecule has 1 amide bonds. The van der Waals surface area contributed by atoms with Gasteiger partial charge < -0.3 is 10.4 Å². The lowest BCUT2D eigenvalue weighted by Gasteiger charge is -2.36. The van der Waals surface area contributed by atoms with Crippen LogP contribution < -0.4 is 5.32 Å². The Kier molecular flexibility index (Phi) is 4.71. The molecular weight excluding hydrogens is 334 g/mol. The number of hydrogen-bond donors (Lipinski definition) is 2. The molecule has 2 N–H and O–H groups in total. The molecule has 0 bridgehead atoms. The highest BCUT2D eigenvalue weighted by Gasteiger charge is 2.42. The van der Waals surface area contributed by atoms with Gasteiger partial charge in [0.15, 0.2) is 0 Å². The maximum atomic E-state index is 12.5. The number of carbonyl (C=O) groups is 2. The van der Waals surface area contributed by atoms with Crippen LogP contribution in [0.25, 0.3) is 0 Å². The average molecular weight is 354 g/mol. The summed E-state index contributed by atoms with van der Waals surface area (Å²) >= 11 is 3.34. The van der Waals surface area contributed by atoms with Crippen molar-refractivity contribution in [2.45, 2.75) is 45.1 Å². The van der Waals surface area contributed by atoms with E-state index in [0.717, 1.165) is 22.9 Å². The van der Waals surface area contributed by atoms with Crippen molar-refractivity contribution in [3.8, 4) is 0 Å². The van der Waals surface area contributed by atoms with E-state index in [1.807, 2.05) is 19.1 Å². The van der Waals surface area contributed by atoms with E-state index in [-0.39, 0.29) is 5.91 Å². The van der Waals surface area contributed by atoms with Gasteiger partial charge in [0.2, 0.25) is 0 Å². The van der Waals surface area contributed by atoms with Crippen molar-refractivity contribution >= 4 is 27.8 Å². The molecule has 0 saturated heterocycles. The molecule has 0 spiro atoms. The van der Waals surface area contributed by atoms with Gasteiger partial charge in [-0.15, -0.1) is 0 Å². The van der Waals surface area contributed by atoms with E-state index in [2.05, 4.69) is 28.2 Å². The lowest BCUT2D eigenvalue weighted by atomic mass is 9.77. The summed E-state index contributed by atoms with van der Waals surface area (Å²) in [5.74, 6) is -0.733. The van der Waals surface area contributed by atoms with Crippen LogP contribution >= 0.6 is 15.9 Å². The predicted octanol–water partition coefficient (Wildman–Crippen LogP) is 3.52. The summed E-state index contributed by atoms with van der Waals surface area (Å²) in [4.78, 5) is 24.2. The molecule has 4 nitrogen and oxygen atoms in total. The van der Waals surface area contributed by atoms with E-state index in [1.165, 1.54) is 0 Å². The zero-order valence-corrected chi connectivity index (χ0v) is 13.9. The van der Waals surface area contributed by atoms with Crippen molar-refractivity contribution in [3.63, 3.8) is 0 Å². The number of carboxylic acids is 1. The van der Waals surface area contributed by atoms with Crippen molar-refractivity contribution in [3.05, 3.63) is 33.8 Å². The Hall–Kier alpha value is -1.36. The van der Waals surface area contributed by atoms with Gasteiger partial charge in [-0.1, -0.05) is 28.9 Å². The second-order valence-corrected chi connectivity index (χ2v) is 6.90. The minimum atomic E-state index is -1.13. The van der Waals surface area contributed by atoms with Gasteiger partial charge in [0.05, 0.1) is 0 Å². The first-order valence-corrected chi connectivity index (χ1v) is 7.95. The molecule has 0 aliphatic heterocycles. The third-order valence-corrected chi connectivity index (χ3v) is 4.83. The Balaban J connectivity index is 2.23. The first kappa shape index (κ1) is 16.0. The maximum Gasteiger partial charge on any atom is 0.329 e. The molecule has 1 aliphatic rings. The van der Waals surface area contributed by atoms with E-state index < -0.39 is 11.5 Å². The van der Waals surface area contributed by atoms with Gasteiger partial charge >= 0.3 is 5.97 Å². The van der Waals surface area contributed by atoms with Crippen LogP contribution in [0, 0.1) is 12.8 Å². The average Bonchev–Trinajstić information content (AvgIpc) is 2.44. The molecule has 0 aromatic heterocycles. The van der Waals surface area contributed by atoms with E-state index in [9.17, 15) is 14.7 Å². The molecule has 1 saturated carbocycles. The van der Waals surface area contributed by atoms with Gasteiger partial charge in [0.25, 0.3) is 5.91 Å². The van der Waals surface area contributed by atoms with Crippen LogP contribution in [0.3, 0.4) is 0 Å². The highest BCUT2D eigenvalue weighted by Crippen LogP contribution is 2.32. The molecule has 2 rings (SSSR count). The first-order chi connectivity index (χ1) is 9.84. The molecule has 1 aromatic carbocycles. The van der Waals surface area contributed by atoms with Crippen LogP contribution in [-0.2, 0) is 4.79 Å². The number of carbonyl (C=O) groups excluding carboxylic acids is 1. The Bertz CT molecular complexity index is 563. The van der Waals surface area contributed by atoms with Crippen molar-refractivity contribution in [2.24, 2.45) is 5.92 Å². The number of carboxylic acid groups (broad SMARTS) is 1. The molecule has 21 heavy (non-hydrogen) atoms. The zero-order chi connectivity index (χ0) is 15.6. The van der Waals surface area contributed by atoms with Crippen LogP contribution in [0.4, 0.5) is 0 Å². The van der Waals surface area contributed by atoms with E-state index in [4.69, 9.17) is 0 Å². The van der Waals surface area contributed by atoms with Crippen molar-refractivity contribution < 1.29 is 14.7 Å². The number of aliphatic carboxylic acids is 1. The van der Waals surface area contributed by atoms with E-state index in [1.54, 1.807) is 6.07 Å². The predicted molar refractivity (Wildman–Crippen MR) is 84.3 cm³/mol. The van der Waals surface area contributed by atoms with Gasteiger partial charge in [-0.2, -0.15) is 0 Å². The minimum Gasteiger partial charge on any atom is -0.480 e. The molecule has 0 radical (unpaired) electrons.